The monoisotopic (exact) mass is 483 g/mol. The number of fused-ring (bicyclic) bond motifs is 1. The normalized spacial score (nSPS) is 12.6. The second-order valence-corrected chi connectivity index (χ2v) is 11.7. The molecule has 3 aromatic rings. The molecular weight excluding hydrogens is 446 g/mol. The first-order valence-electron chi connectivity index (χ1n) is 11.8. The Bertz CT molecular complexity index is 1210. The van der Waals surface area contributed by atoms with Crippen LogP contribution in [0.15, 0.2) is 53.4 Å². The Morgan fingerprint density at radius 3 is 2.29 bits per heavy atom. The van der Waals surface area contributed by atoms with Crippen molar-refractivity contribution in [1.82, 2.24) is 19.2 Å². The molecule has 0 amide bonds. The zero-order valence-electron chi connectivity index (χ0n) is 21.2. The van der Waals surface area contributed by atoms with Crippen LogP contribution < -0.4 is 5.32 Å². The molecule has 0 radical (unpaired) electrons. The minimum absolute atomic E-state index is 0.00305. The summed E-state index contributed by atoms with van der Waals surface area (Å²) < 4.78 is 27.8. The van der Waals surface area contributed by atoms with Crippen molar-refractivity contribution >= 4 is 26.7 Å². The Morgan fingerprint density at radius 1 is 0.971 bits per heavy atom. The third-order valence-electron chi connectivity index (χ3n) is 6.32. The lowest BCUT2D eigenvalue weighted by atomic mass is 9.82. The highest BCUT2D eigenvalue weighted by Crippen LogP contribution is 2.28. The molecule has 0 aliphatic rings. The topological polar surface area (TPSA) is 78.4 Å². The van der Waals surface area contributed by atoms with E-state index in [1.807, 2.05) is 50.5 Å². The van der Waals surface area contributed by atoms with E-state index in [0.717, 1.165) is 48.2 Å². The van der Waals surface area contributed by atoms with Crippen molar-refractivity contribution in [2.75, 3.05) is 39.5 Å². The molecule has 0 fully saturated rings. The SMILES string of the molecule is CCC(C)(C)c1ccc(S(=O)(=O)N(C)Cc2nc(NCCCN(C)C)c3ccccc3n2)cc1. The zero-order valence-corrected chi connectivity index (χ0v) is 22.0. The maximum Gasteiger partial charge on any atom is 0.243 e. The number of para-hydroxylation sites is 1. The smallest absolute Gasteiger partial charge is 0.243 e. The lowest BCUT2D eigenvalue weighted by Gasteiger charge is -2.24. The van der Waals surface area contributed by atoms with Crippen molar-refractivity contribution in [2.45, 2.75) is 50.5 Å². The molecule has 8 heteroatoms. The van der Waals surface area contributed by atoms with Gasteiger partial charge in [0.1, 0.15) is 11.6 Å². The van der Waals surface area contributed by atoms with Crippen molar-refractivity contribution in [3.63, 3.8) is 0 Å². The number of rotatable bonds is 11. The van der Waals surface area contributed by atoms with E-state index in [1.165, 1.54) is 4.31 Å². The highest BCUT2D eigenvalue weighted by molar-refractivity contribution is 7.89. The van der Waals surface area contributed by atoms with Crippen LogP contribution in [0.5, 0.6) is 0 Å². The van der Waals surface area contributed by atoms with Gasteiger partial charge in [-0.2, -0.15) is 4.31 Å². The molecule has 3 rings (SSSR count). The van der Waals surface area contributed by atoms with Crippen LogP contribution in [-0.4, -0.2) is 61.8 Å². The molecule has 0 aliphatic heterocycles. The summed E-state index contributed by atoms with van der Waals surface area (Å²) in [6.45, 7) is 8.28. The van der Waals surface area contributed by atoms with Gasteiger partial charge in [0, 0.05) is 19.0 Å². The third kappa shape index (κ3) is 6.11. The summed E-state index contributed by atoms with van der Waals surface area (Å²) >= 11 is 0. The number of anilines is 1. The van der Waals surface area contributed by atoms with E-state index in [9.17, 15) is 8.42 Å². The van der Waals surface area contributed by atoms with Crippen molar-refractivity contribution in [1.29, 1.82) is 0 Å². The second-order valence-electron chi connectivity index (χ2n) is 9.61. The van der Waals surface area contributed by atoms with Gasteiger partial charge in [0.05, 0.1) is 17.0 Å². The first-order valence-corrected chi connectivity index (χ1v) is 13.2. The van der Waals surface area contributed by atoms with Gasteiger partial charge in [-0.1, -0.05) is 45.0 Å². The van der Waals surface area contributed by atoms with E-state index in [1.54, 1.807) is 19.2 Å². The Morgan fingerprint density at radius 2 is 1.65 bits per heavy atom. The van der Waals surface area contributed by atoms with E-state index in [0.29, 0.717) is 5.82 Å². The summed E-state index contributed by atoms with van der Waals surface area (Å²) in [5.41, 5.74) is 1.92. The van der Waals surface area contributed by atoms with E-state index < -0.39 is 10.0 Å². The molecule has 184 valence electrons. The van der Waals surface area contributed by atoms with Crippen LogP contribution in [0.3, 0.4) is 0 Å². The van der Waals surface area contributed by atoms with Gasteiger partial charge >= 0.3 is 0 Å². The van der Waals surface area contributed by atoms with E-state index in [4.69, 9.17) is 0 Å². The molecule has 1 N–H and O–H groups in total. The summed E-state index contributed by atoms with van der Waals surface area (Å²) in [4.78, 5) is 11.7. The summed E-state index contributed by atoms with van der Waals surface area (Å²) in [5, 5.41) is 4.33. The van der Waals surface area contributed by atoms with Gasteiger partial charge in [0.2, 0.25) is 10.0 Å². The van der Waals surface area contributed by atoms with Crippen molar-refractivity contribution in [2.24, 2.45) is 0 Å². The molecule has 1 aromatic heterocycles. The fourth-order valence-electron chi connectivity index (χ4n) is 3.68. The number of sulfonamides is 1. The number of benzene rings is 2. The molecule has 1 heterocycles. The summed E-state index contributed by atoms with van der Waals surface area (Å²) in [6, 6.07) is 15.0. The van der Waals surface area contributed by atoms with Crippen LogP contribution in [0.4, 0.5) is 5.82 Å². The number of hydrogen-bond donors (Lipinski definition) is 1. The van der Waals surface area contributed by atoms with Crippen LogP contribution in [0.2, 0.25) is 0 Å². The molecule has 0 bridgehead atoms. The van der Waals surface area contributed by atoms with Gasteiger partial charge in [-0.3, -0.25) is 0 Å². The van der Waals surface area contributed by atoms with Crippen molar-refractivity contribution < 1.29 is 8.42 Å². The molecule has 0 saturated carbocycles. The minimum atomic E-state index is -3.68. The predicted octanol–water partition coefficient (Wildman–Crippen LogP) is 4.50. The molecular formula is C26H37N5O2S. The van der Waals surface area contributed by atoms with E-state index in [2.05, 4.69) is 41.0 Å². The van der Waals surface area contributed by atoms with Crippen molar-refractivity contribution in [3.8, 4) is 0 Å². The fraction of sp³-hybridized carbons (Fsp3) is 0.462. The highest BCUT2D eigenvalue weighted by atomic mass is 32.2. The lowest BCUT2D eigenvalue weighted by Crippen LogP contribution is -2.28. The van der Waals surface area contributed by atoms with Gasteiger partial charge < -0.3 is 10.2 Å². The maximum absolute atomic E-state index is 13.2. The third-order valence-corrected chi connectivity index (χ3v) is 8.13. The number of hydrogen-bond acceptors (Lipinski definition) is 6. The van der Waals surface area contributed by atoms with Crippen LogP contribution in [0.1, 0.15) is 45.0 Å². The fourth-order valence-corrected chi connectivity index (χ4v) is 4.80. The average Bonchev–Trinajstić information content (AvgIpc) is 2.81. The molecule has 0 aliphatic carbocycles. The molecule has 0 spiro atoms. The Hall–Kier alpha value is -2.55. The van der Waals surface area contributed by atoms with Crippen LogP contribution >= 0.6 is 0 Å². The molecule has 0 unspecified atom stereocenters. The van der Waals surface area contributed by atoms with Crippen LogP contribution in [0.25, 0.3) is 10.9 Å². The van der Waals surface area contributed by atoms with Crippen LogP contribution in [0, 0.1) is 0 Å². The lowest BCUT2D eigenvalue weighted by molar-refractivity contribution is 0.405. The molecule has 0 saturated heterocycles. The van der Waals surface area contributed by atoms with E-state index >= 15 is 0 Å². The van der Waals surface area contributed by atoms with Gasteiger partial charge in [0.25, 0.3) is 0 Å². The Kier molecular flexibility index (Phi) is 8.28. The van der Waals surface area contributed by atoms with Gasteiger partial charge in [-0.15, -0.1) is 0 Å². The Labute approximate surface area is 204 Å². The summed E-state index contributed by atoms with van der Waals surface area (Å²) in [5.74, 6) is 1.19. The molecule has 34 heavy (non-hydrogen) atoms. The molecule has 0 atom stereocenters. The standard InChI is InChI=1S/C26H37N5O2S/c1-7-26(2,3)20-13-15-21(16-14-20)34(32,33)31(6)19-24-28-23-12-9-8-11-22(23)25(29-24)27-17-10-18-30(4)5/h8-9,11-16H,7,10,17-19H2,1-6H3,(H,27,28,29). The number of nitrogens with zero attached hydrogens (tertiary/aromatic N) is 4. The first kappa shape index (κ1) is 26.1. The Balaban J connectivity index is 1.82. The minimum Gasteiger partial charge on any atom is -0.369 e. The van der Waals surface area contributed by atoms with Gasteiger partial charge in [0.15, 0.2) is 0 Å². The summed E-state index contributed by atoms with van der Waals surface area (Å²) in [7, 11) is 1.99. The zero-order chi connectivity index (χ0) is 24.9. The summed E-state index contributed by atoms with van der Waals surface area (Å²) in [6.07, 6.45) is 1.95. The number of aromatic nitrogens is 2. The number of nitrogens with one attached hydrogen (secondary N) is 1. The van der Waals surface area contributed by atoms with E-state index in [-0.39, 0.29) is 16.9 Å². The van der Waals surface area contributed by atoms with Crippen LogP contribution in [-0.2, 0) is 22.0 Å². The molecule has 7 nitrogen and oxygen atoms in total. The van der Waals surface area contributed by atoms with Crippen molar-refractivity contribution in [3.05, 3.63) is 59.9 Å². The van der Waals surface area contributed by atoms with Gasteiger partial charge in [-0.25, -0.2) is 18.4 Å². The largest absolute Gasteiger partial charge is 0.369 e. The predicted molar refractivity (Wildman–Crippen MR) is 140 cm³/mol. The maximum atomic E-state index is 13.2. The quantitative estimate of drug-likeness (QED) is 0.405. The highest BCUT2D eigenvalue weighted by Gasteiger charge is 2.24. The molecule has 2 aromatic carbocycles. The first-order chi connectivity index (χ1) is 16.0. The second kappa shape index (κ2) is 10.8. The van der Waals surface area contributed by atoms with Gasteiger partial charge in [-0.05, 0) is 68.7 Å². The average molecular weight is 484 g/mol.